The predicted octanol–water partition coefficient (Wildman–Crippen LogP) is 8.54. The number of allylic oxidation sites excluding steroid dienone is 4. The van der Waals surface area contributed by atoms with Crippen molar-refractivity contribution in [2.75, 3.05) is 0 Å². The lowest BCUT2D eigenvalue weighted by Crippen LogP contribution is -2.61. The molecule has 0 aromatic carbocycles. The highest BCUT2D eigenvalue weighted by molar-refractivity contribution is 5.85. The lowest BCUT2D eigenvalue weighted by Gasteiger charge is -2.67. The molecule has 31 heavy (non-hydrogen) atoms. The number of Topliss-reactive ketones (excluding diaryl/α,β-unsaturated/α-hetero) is 1. The van der Waals surface area contributed by atoms with E-state index >= 15 is 0 Å². The van der Waals surface area contributed by atoms with Crippen LogP contribution < -0.4 is 0 Å². The summed E-state index contributed by atoms with van der Waals surface area (Å²) in [6, 6.07) is 0. The smallest absolute Gasteiger partial charge is 0.138 e. The van der Waals surface area contributed by atoms with Crippen LogP contribution in [-0.4, -0.2) is 5.78 Å². The van der Waals surface area contributed by atoms with E-state index in [1.807, 2.05) is 0 Å². The van der Waals surface area contributed by atoms with Gasteiger partial charge in [0.1, 0.15) is 5.78 Å². The lowest BCUT2D eigenvalue weighted by atomic mass is 9.37. The zero-order chi connectivity index (χ0) is 22.8. The third kappa shape index (κ3) is 3.26. The van der Waals surface area contributed by atoms with Gasteiger partial charge in [-0.1, -0.05) is 71.8 Å². The highest BCUT2D eigenvalue weighted by atomic mass is 16.1. The van der Waals surface area contributed by atoms with Gasteiger partial charge in [-0.2, -0.15) is 0 Å². The van der Waals surface area contributed by atoms with Crippen LogP contribution in [0.25, 0.3) is 0 Å². The van der Waals surface area contributed by atoms with Crippen molar-refractivity contribution in [1.29, 1.82) is 0 Å². The molecule has 1 heteroatoms. The molecule has 174 valence electrons. The van der Waals surface area contributed by atoms with Crippen LogP contribution in [0.2, 0.25) is 0 Å². The van der Waals surface area contributed by atoms with E-state index in [1.165, 1.54) is 44.9 Å². The molecular weight excluding hydrogens is 376 g/mol. The molecule has 0 saturated heterocycles. The number of fused-ring (bicyclic) bond motifs is 5. The monoisotopic (exact) mass is 424 g/mol. The molecule has 4 aliphatic rings. The summed E-state index contributed by atoms with van der Waals surface area (Å²) in [6.07, 6.45) is 16.1. The first-order chi connectivity index (χ1) is 14.4. The van der Waals surface area contributed by atoms with Crippen molar-refractivity contribution in [3.8, 4) is 0 Å². The van der Waals surface area contributed by atoms with Crippen molar-refractivity contribution in [2.45, 2.75) is 113 Å². The molecule has 0 spiro atoms. The first kappa shape index (κ1) is 23.3. The number of ketones is 1. The van der Waals surface area contributed by atoms with Gasteiger partial charge in [-0.25, -0.2) is 0 Å². The summed E-state index contributed by atoms with van der Waals surface area (Å²) in [5.41, 5.74) is 4.25. The van der Waals surface area contributed by atoms with E-state index in [-0.39, 0.29) is 5.41 Å². The summed E-state index contributed by atoms with van der Waals surface area (Å²) in [7, 11) is 0. The highest BCUT2D eigenvalue weighted by Gasteiger charge is 2.66. The Kier molecular flexibility index (Phi) is 5.71. The fraction of sp³-hybridized carbons (Fsp3) is 0.833. The Bertz CT molecular complexity index is 797. The van der Waals surface area contributed by atoms with E-state index in [0.29, 0.717) is 39.8 Å². The summed E-state index contributed by atoms with van der Waals surface area (Å²) >= 11 is 0. The topological polar surface area (TPSA) is 17.1 Å². The van der Waals surface area contributed by atoms with Gasteiger partial charge >= 0.3 is 0 Å². The van der Waals surface area contributed by atoms with Crippen LogP contribution in [0.5, 0.6) is 0 Å². The van der Waals surface area contributed by atoms with Crippen LogP contribution >= 0.6 is 0 Å². The van der Waals surface area contributed by atoms with E-state index in [4.69, 9.17) is 0 Å². The third-order valence-corrected chi connectivity index (χ3v) is 11.3. The number of carbonyl (C=O) groups excluding carboxylic acids is 1. The molecule has 0 N–H and O–H groups in total. The van der Waals surface area contributed by atoms with Crippen LogP contribution in [0.4, 0.5) is 0 Å². The second-order valence-electron chi connectivity index (χ2n) is 13.4. The maximum absolute atomic E-state index is 12.8. The van der Waals surface area contributed by atoms with Crippen molar-refractivity contribution < 1.29 is 4.79 Å². The van der Waals surface area contributed by atoms with Gasteiger partial charge in [0.05, 0.1) is 0 Å². The number of hydrogen-bond donors (Lipinski definition) is 0. The molecule has 6 atom stereocenters. The van der Waals surface area contributed by atoms with Gasteiger partial charge < -0.3 is 0 Å². The quantitative estimate of drug-likeness (QED) is 0.413. The summed E-state index contributed by atoms with van der Waals surface area (Å²) in [6.45, 7) is 19.4. The predicted molar refractivity (Wildman–Crippen MR) is 132 cm³/mol. The second kappa shape index (κ2) is 7.59. The van der Waals surface area contributed by atoms with Gasteiger partial charge in [0, 0.05) is 17.8 Å². The molecule has 1 nitrogen and oxygen atoms in total. The molecule has 0 heterocycles. The zero-order valence-electron chi connectivity index (χ0n) is 21.7. The SMILES string of the molecule is C/C(=C/CCC(C)C)[C@@H]1CC[C@]2(C)C1=CC[C@@H]1[C@@]3(C)CCC(=O)C(C)(C)[C@H]3CC[C@]12C. The normalized spacial score (nSPS) is 44.5. The van der Waals surface area contributed by atoms with E-state index in [2.05, 4.69) is 67.5 Å². The summed E-state index contributed by atoms with van der Waals surface area (Å²) < 4.78 is 0. The summed E-state index contributed by atoms with van der Waals surface area (Å²) in [5, 5.41) is 0. The van der Waals surface area contributed by atoms with Crippen molar-refractivity contribution in [3.05, 3.63) is 23.3 Å². The molecule has 3 saturated carbocycles. The van der Waals surface area contributed by atoms with E-state index in [9.17, 15) is 4.79 Å². The standard InChI is InChI=1S/C30H48O/c1-20(2)10-9-11-21(3)22-14-18-29(7)23(22)12-13-25-28(6)17-16-26(31)27(4,5)24(28)15-19-30(25,29)8/h11-12,20,22,24-25H,9-10,13-19H2,1-8H3/b21-11-/t22-,24+,25+,28-,29+,30+/m0/s1. The molecule has 4 rings (SSSR count). The number of rotatable bonds is 4. The molecule has 0 aromatic heterocycles. The van der Waals surface area contributed by atoms with E-state index < -0.39 is 0 Å². The summed E-state index contributed by atoms with van der Waals surface area (Å²) in [5.74, 6) is 3.23. The van der Waals surface area contributed by atoms with Gasteiger partial charge in [-0.05, 0) is 92.3 Å². The van der Waals surface area contributed by atoms with Crippen LogP contribution in [0.1, 0.15) is 113 Å². The first-order valence-electron chi connectivity index (χ1n) is 13.3. The second-order valence-corrected chi connectivity index (χ2v) is 13.4. The van der Waals surface area contributed by atoms with Gasteiger partial charge in [0.15, 0.2) is 0 Å². The van der Waals surface area contributed by atoms with Crippen LogP contribution in [-0.2, 0) is 4.79 Å². The number of hydrogen-bond acceptors (Lipinski definition) is 1. The Hall–Kier alpha value is -0.850. The largest absolute Gasteiger partial charge is 0.299 e. The molecule has 0 amide bonds. The maximum Gasteiger partial charge on any atom is 0.138 e. The van der Waals surface area contributed by atoms with Crippen molar-refractivity contribution in [1.82, 2.24) is 0 Å². The van der Waals surface area contributed by atoms with Gasteiger partial charge in [0.2, 0.25) is 0 Å². The van der Waals surface area contributed by atoms with Crippen LogP contribution in [0.3, 0.4) is 0 Å². The van der Waals surface area contributed by atoms with Crippen molar-refractivity contribution in [2.24, 2.45) is 45.3 Å². The number of carbonyl (C=O) groups is 1. The molecule has 0 radical (unpaired) electrons. The first-order valence-corrected chi connectivity index (χ1v) is 13.3. The van der Waals surface area contributed by atoms with Gasteiger partial charge in [-0.15, -0.1) is 0 Å². The minimum Gasteiger partial charge on any atom is -0.299 e. The fourth-order valence-electron chi connectivity index (χ4n) is 9.15. The van der Waals surface area contributed by atoms with Crippen LogP contribution in [0, 0.1) is 45.3 Å². The lowest BCUT2D eigenvalue weighted by molar-refractivity contribution is -0.174. The Labute approximate surface area is 192 Å². The maximum atomic E-state index is 12.8. The molecule has 0 unspecified atom stereocenters. The van der Waals surface area contributed by atoms with Crippen molar-refractivity contribution in [3.63, 3.8) is 0 Å². The minimum absolute atomic E-state index is 0.146. The molecule has 0 aliphatic heterocycles. The van der Waals surface area contributed by atoms with Crippen LogP contribution in [0.15, 0.2) is 23.3 Å². The average Bonchev–Trinajstić information content (AvgIpc) is 3.03. The van der Waals surface area contributed by atoms with E-state index in [1.54, 1.807) is 11.1 Å². The minimum atomic E-state index is -0.146. The van der Waals surface area contributed by atoms with E-state index in [0.717, 1.165) is 18.8 Å². The molecular formula is C30H48O. The Balaban J connectivity index is 1.66. The van der Waals surface area contributed by atoms with Gasteiger partial charge in [-0.3, -0.25) is 4.79 Å². The molecule has 4 aliphatic carbocycles. The summed E-state index contributed by atoms with van der Waals surface area (Å²) in [4.78, 5) is 12.8. The third-order valence-electron chi connectivity index (χ3n) is 11.3. The zero-order valence-corrected chi connectivity index (χ0v) is 21.7. The molecule has 0 bridgehead atoms. The van der Waals surface area contributed by atoms with Gasteiger partial charge in [0.25, 0.3) is 0 Å². The Morgan fingerprint density at radius 1 is 1.06 bits per heavy atom. The fourth-order valence-corrected chi connectivity index (χ4v) is 9.15. The molecule has 0 aromatic rings. The Morgan fingerprint density at radius 2 is 1.77 bits per heavy atom. The Morgan fingerprint density at radius 3 is 2.45 bits per heavy atom. The highest BCUT2D eigenvalue weighted by Crippen LogP contribution is 2.73. The average molecular weight is 425 g/mol. The van der Waals surface area contributed by atoms with Crippen molar-refractivity contribution >= 4 is 5.78 Å². The molecule has 3 fully saturated rings.